The summed E-state index contributed by atoms with van der Waals surface area (Å²) < 4.78 is 0. The first-order chi connectivity index (χ1) is 7.39. The summed E-state index contributed by atoms with van der Waals surface area (Å²) in [7, 11) is 0. The lowest BCUT2D eigenvalue weighted by atomic mass is 9.78. The Balaban J connectivity index is 3.02. The van der Waals surface area contributed by atoms with Gasteiger partial charge in [0.2, 0.25) is 0 Å². The van der Waals surface area contributed by atoms with Gasteiger partial charge >= 0.3 is 5.97 Å². The van der Waals surface area contributed by atoms with E-state index in [0.717, 1.165) is 12.0 Å². The highest BCUT2D eigenvalue weighted by Crippen LogP contribution is 2.26. The number of carboxylic acid groups (broad SMARTS) is 1. The first-order valence-electron chi connectivity index (χ1n) is 5.47. The number of hydrogen-bond acceptors (Lipinski definition) is 2. The topological polar surface area (TPSA) is 63.3 Å². The van der Waals surface area contributed by atoms with Gasteiger partial charge in [0, 0.05) is 5.41 Å². The van der Waals surface area contributed by atoms with Crippen LogP contribution in [-0.2, 0) is 16.6 Å². The average molecular weight is 221 g/mol. The van der Waals surface area contributed by atoms with Crippen molar-refractivity contribution in [1.82, 2.24) is 0 Å². The van der Waals surface area contributed by atoms with Crippen molar-refractivity contribution < 1.29 is 9.90 Å². The van der Waals surface area contributed by atoms with Gasteiger partial charge in [0.1, 0.15) is 6.04 Å². The molecular weight excluding hydrogens is 202 g/mol. The number of nitrogens with two attached hydrogens (primary N) is 1. The maximum atomic E-state index is 10.9. The molecule has 0 heterocycles. The number of hydrogen-bond donors (Lipinski definition) is 2. The minimum atomic E-state index is -0.968. The Bertz CT molecular complexity index is 368. The molecule has 0 aliphatic rings. The zero-order valence-corrected chi connectivity index (χ0v) is 10.0. The zero-order chi connectivity index (χ0) is 12.3. The second-order valence-electron chi connectivity index (χ2n) is 4.59. The van der Waals surface area contributed by atoms with E-state index in [2.05, 4.69) is 6.92 Å². The highest BCUT2D eigenvalue weighted by Gasteiger charge is 2.33. The molecule has 0 saturated carbocycles. The third-order valence-electron chi connectivity index (χ3n) is 3.15. The van der Waals surface area contributed by atoms with E-state index < -0.39 is 17.4 Å². The molecule has 0 spiro atoms. The van der Waals surface area contributed by atoms with Crippen LogP contribution in [0.4, 0.5) is 0 Å². The highest BCUT2D eigenvalue weighted by molar-refractivity contribution is 5.75. The van der Waals surface area contributed by atoms with Crippen molar-refractivity contribution in [3.8, 4) is 0 Å². The number of carboxylic acids is 1. The maximum Gasteiger partial charge on any atom is 0.321 e. The van der Waals surface area contributed by atoms with Crippen molar-refractivity contribution in [2.75, 3.05) is 0 Å². The van der Waals surface area contributed by atoms with Crippen molar-refractivity contribution in [2.45, 2.75) is 38.6 Å². The minimum Gasteiger partial charge on any atom is -0.480 e. The second-order valence-corrected chi connectivity index (χ2v) is 4.59. The van der Waals surface area contributed by atoms with Crippen molar-refractivity contribution in [2.24, 2.45) is 5.73 Å². The summed E-state index contributed by atoms with van der Waals surface area (Å²) >= 11 is 0. The second kappa shape index (κ2) is 4.66. The predicted molar refractivity (Wildman–Crippen MR) is 64.5 cm³/mol. The van der Waals surface area contributed by atoms with Gasteiger partial charge in [-0.05, 0) is 17.5 Å². The van der Waals surface area contributed by atoms with E-state index in [1.165, 1.54) is 5.56 Å². The summed E-state index contributed by atoms with van der Waals surface area (Å²) in [6.07, 6.45) is 0.978. The molecule has 0 radical (unpaired) electrons. The van der Waals surface area contributed by atoms with E-state index in [-0.39, 0.29) is 0 Å². The van der Waals surface area contributed by atoms with E-state index in [0.29, 0.717) is 0 Å². The van der Waals surface area contributed by atoms with Crippen LogP contribution in [0, 0.1) is 0 Å². The molecule has 3 heteroatoms. The molecule has 0 bridgehead atoms. The lowest BCUT2D eigenvalue weighted by molar-refractivity contribution is -0.140. The molecule has 1 unspecified atom stereocenters. The Labute approximate surface area is 96.3 Å². The normalized spacial score (nSPS) is 13.5. The van der Waals surface area contributed by atoms with Crippen LogP contribution in [0.15, 0.2) is 24.3 Å². The fraction of sp³-hybridized carbons (Fsp3) is 0.462. The number of aliphatic carboxylic acids is 1. The van der Waals surface area contributed by atoms with Crippen molar-refractivity contribution in [3.05, 3.63) is 35.4 Å². The van der Waals surface area contributed by atoms with E-state index in [1.807, 2.05) is 38.1 Å². The van der Waals surface area contributed by atoms with E-state index in [1.54, 1.807) is 0 Å². The van der Waals surface area contributed by atoms with Crippen LogP contribution in [0.5, 0.6) is 0 Å². The van der Waals surface area contributed by atoms with Crippen LogP contribution < -0.4 is 5.73 Å². The van der Waals surface area contributed by atoms with Crippen LogP contribution in [0.3, 0.4) is 0 Å². The fourth-order valence-corrected chi connectivity index (χ4v) is 1.66. The van der Waals surface area contributed by atoms with Gasteiger partial charge in [0.05, 0.1) is 0 Å². The van der Waals surface area contributed by atoms with Crippen molar-refractivity contribution >= 4 is 5.97 Å². The highest BCUT2D eigenvalue weighted by atomic mass is 16.4. The predicted octanol–water partition coefficient (Wildman–Crippen LogP) is 1.94. The Hall–Kier alpha value is -1.35. The van der Waals surface area contributed by atoms with Gasteiger partial charge < -0.3 is 10.8 Å². The van der Waals surface area contributed by atoms with Crippen molar-refractivity contribution in [3.63, 3.8) is 0 Å². The molecule has 1 atom stereocenters. The van der Waals surface area contributed by atoms with E-state index in [4.69, 9.17) is 10.8 Å². The Morgan fingerprint density at radius 2 is 1.88 bits per heavy atom. The summed E-state index contributed by atoms with van der Waals surface area (Å²) in [5.41, 5.74) is 7.34. The summed E-state index contributed by atoms with van der Waals surface area (Å²) in [4.78, 5) is 10.9. The molecule has 3 N–H and O–H groups in total. The van der Waals surface area contributed by atoms with Crippen LogP contribution in [0.2, 0.25) is 0 Å². The molecule has 0 fully saturated rings. The SMILES string of the molecule is CCc1ccc(C(C)(C)C(N)C(=O)O)cc1. The molecule has 0 amide bonds. The van der Waals surface area contributed by atoms with Gasteiger partial charge in [-0.1, -0.05) is 45.0 Å². The Morgan fingerprint density at radius 3 is 2.25 bits per heavy atom. The van der Waals surface area contributed by atoms with Crippen LogP contribution in [-0.4, -0.2) is 17.1 Å². The number of benzene rings is 1. The monoisotopic (exact) mass is 221 g/mol. The van der Waals surface area contributed by atoms with Gasteiger partial charge in [0.15, 0.2) is 0 Å². The van der Waals surface area contributed by atoms with Gasteiger partial charge in [-0.2, -0.15) is 0 Å². The molecule has 0 aliphatic heterocycles. The fourth-order valence-electron chi connectivity index (χ4n) is 1.66. The van der Waals surface area contributed by atoms with Gasteiger partial charge in [-0.25, -0.2) is 0 Å². The molecule has 0 aromatic heterocycles. The van der Waals surface area contributed by atoms with Crippen LogP contribution in [0.25, 0.3) is 0 Å². The first-order valence-corrected chi connectivity index (χ1v) is 5.47. The molecule has 1 rings (SSSR count). The van der Waals surface area contributed by atoms with Gasteiger partial charge in [0.25, 0.3) is 0 Å². The van der Waals surface area contributed by atoms with Gasteiger partial charge in [-0.15, -0.1) is 0 Å². The van der Waals surface area contributed by atoms with Crippen LogP contribution in [0.1, 0.15) is 31.9 Å². The van der Waals surface area contributed by atoms with Crippen molar-refractivity contribution in [1.29, 1.82) is 0 Å². The first kappa shape index (κ1) is 12.7. The maximum absolute atomic E-state index is 10.9. The number of rotatable bonds is 4. The molecular formula is C13H19NO2. The quantitative estimate of drug-likeness (QED) is 0.816. The smallest absolute Gasteiger partial charge is 0.321 e. The summed E-state index contributed by atoms with van der Waals surface area (Å²) in [6.45, 7) is 5.79. The number of carbonyl (C=O) groups is 1. The van der Waals surface area contributed by atoms with Crippen LogP contribution >= 0.6 is 0 Å². The molecule has 16 heavy (non-hydrogen) atoms. The molecule has 0 aliphatic carbocycles. The summed E-state index contributed by atoms with van der Waals surface area (Å²) in [5.74, 6) is -0.968. The van der Waals surface area contributed by atoms with Gasteiger partial charge in [-0.3, -0.25) is 4.79 Å². The largest absolute Gasteiger partial charge is 0.480 e. The third-order valence-corrected chi connectivity index (χ3v) is 3.15. The standard InChI is InChI=1S/C13H19NO2/c1-4-9-5-7-10(8-6-9)13(2,3)11(14)12(15)16/h5-8,11H,4,14H2,1-3H3,(H,15,16). The van der Waals surface area contributed by atoms with E-state index in [9.17, 15) is 4.79 Å². The summed E-state index contributed by atoms with van der Waals surface area (Å²) in [6, 6.07) is 7.07. The lowest BCUT2D eigenvalue weighted by Crippen LogP contribution is -2.46. The Kier molecular flexibility index (Phi) is 3.70. The van der Waals surface area contributed by atoms with E-state index >= 15 is 0 Å². The molecule has 1 aromatic rings. The molecule has 3 nitrogen and oxygen atoms in total. The third kappa shape index (κ3) is 2.42. The molecule has 0 saturated heterocycles. The molecule has 1 aromatic carbocycles. The lowest BCUT2D eigenvalue weighted by Gasteiger charge is -2.29. The zero-order valence-electron chi connectivity index (χ0n) is 10.0. The minimum absolute atomic E-state index is 0.557. The number of aryl methyl sites for hydroxylation is 1. The average Bonchev–Trinajstić information content (AvgIpc) is 2.28. The summed E-state index contributed by atoms with van der Waals surface area (Å²) in [5, 5.41) is 8.95. The molecule has 88 valence electrons. The Morgan fingerprint density at radius 1 is 1.38 bits per heavy atom.